The second-order valence-corrected chi connectivity index (χ2v) is 3.51. The minimum Gasteiger partial charge on any atom is -0.292 e. The van der Waals surface area contributed by atoms with Gasteiger partial charge in [-0.05, 0) is 19.4 Å². The van der Waals surface area contributed by atoms with Crippen molar-refractivity contribution in [1.82, 2.24) is 5.32 Å². The first kappa shape index (κ1) is 12.2. The van der Waals surface area contributed by atoms with E-state index in [0.717, 1.165) is 6.92 Å². The SMILES string of the molecule is CC(C)CNC(C)(C#N)C(F)(F)F. The lowest BCUT2D eigenvalue weighted by Gasteiger charge is -2.26. The summed E-state index contributed by atoms with van der Waals surface area (Å²) in [5.41, 5.74) is -2.43. The van der Waals surface area contributed by atoms with Crippen LogP contribution in [0.1, 0.15) is 20.8 Å². The Kier molecular flexibility index (Phi) is 3.73. The third-order valence-corrected chi connectivity index (χ3v) is 1.65. The van der Waals surface area contributed by atoms with Crippen LogP contribution in [0.4, 0.5) is 13.2 Å². The molecule has 1 unspecified atom stereocenters. The van der Waals surface area contributed by atoms with Crippen LogP contribution >= 0.6 is 0 Å². The molecule has 0 saturated carbocycles. The number of nitrogens with zero attached hydrogens (tertiary/aromatic N) is 1. The third-order valence-electron chi connectivity index (χ3n) is 1.65. The second-order valence-electron chi connectivity index (χ2n) is 3.51. The quantitative estimate of drug-likeness (QED) is 0.746. The lowest BCUT2D eigenvalue weighted by Crippen LogP contribution is -2.54. The summed E-state index contributed by atoms with van der Waals surface area (Å²) in [7, 11) is 0. The molecule has 0 radical (unpaired) electrons. The van der Waals surface area contributed by atoms with Crippen molar-refractivity contribution in [2.75, 3.05) is 6.54 Å². The van der Waals surface area contributed by atoms with E-state index in [0.29, 0.717) is 0 Å². The predicted molar refractivity (Wildman–Crippen MR) is 42.9 cm³/mol. The topological polar surface area (TPSA) is 35.8 Å². The monoisotopic (exact) mass is 194 g/mol. The molecule has 0 aromatic carbocycles. The van der Waals surface area contributed by atoms with Crippen LogP contribution in [-0.2, 0) is 0 Å². The van der Waals surface area contributed by atoms with Gasteiger partial charge in [-0.25, -0.2) is 0 Å². The largest absolute Gasteiger partial charge is 0.419 e. The van der Waals surface area contributed by atoms with Gasteiger partial charge in [-0.2, -0.15) is 18.4 Å². The zero-order valence-corrected chi connectivity index (χ0v) is 7.87. The highest BCUT2D eigenvalue weighted by atomic mass is 19.4. The average Bonchev–Trinajstić information content (AvgIpc) is 1.98. The fraction of sp³-hybridized carbons (Fsp3) is 0.875. The molecule has 0 aliphatic heterocycles. The molecule has 0 rings (SSSR count). The van der Waals surface area contributed by atoms with Crippen LogP contribution in [0.2, 0.25) is 0 Å². The maximum Gasteiger partial charge on any atom is 0.419 e. The number of nitriles is 1. The lowest BCUT2D eigenvalue weighted by atomic mass is 10.0. The lowest BCUT2D eigenvalue weighted by molar-refractivity contribution is -0.174. The molecule has 0 aliphatic rings. The smallest absolute Gasteiger partial charge is 0.292 e. The molecule has 76 valence electrons. The van der Waals surface area contributed by atoms with E-state index in [1.54, 1.807) is 13.8 Å². The molecule has 0 aliphatic carbocycles. The van der Waals surface area contributed by atoms with Crippen LogP contribution in [0.5, 0.6) is 0 Å². The summed E-state index contributed by atoms with van der Waals surface area (Å²) in [6.07, 6.45) is -4.53. The molecule has 0 aromatic rings. The van der Waals surface area contributed by atoms with Crippen LogP contribution in [0.3, 0.4) is 0 Å². The Labute approximate surface area is 75.7 Å². The van der Waals surface area contributed by atoms with Gasteiger partial charge in [0.05, 0.1) is 6.07 Å². The predicted octanol–water partition coefficient (Wildman–Crippen LogP) is 2.08. The molecule has 0 heterocycles. The van der Waals surface area contributed by atoms with E-state index in [4.69, 9.17) is 5.26 Å². The van der Waals surface area contributed by atoms with Crippen molar-refractivity contribution >= 4 is 0 Å². The molecule has 0 fully saturated rings. The second kappa shape index (κ2) is 3.97. The van der Waals surface area contributed by atoms with Crippen molar-refractivity contribution in [2.45, 2.75) is 32.5 Å². The summed E-state index contributed by atoms with van der Waals surface area (Å²) >= 11 is 0. The summed E-state index contributed by atoms with van der Waals surface area (Å²) < 4.78 is 36.8. The van der Waals surface area contributed by atoms with Gasteiger partial charge < -0.3 is 0 Å². The summed E-state index contributed by atoms with van der Waals surface area (Å²) in [5.74, 6) is 0.0787. The number of hydrogen-bond donors (Lipinski definition) is 1. The van der Waals surface area contributed by atoms with E-state index >= 15 is 0 Å². The van der Waals surface area contributed by atoms with Gasteiger partial charge in [0.15, 0.2) is 5.54 Å². The van der Waals surface area contributed by atoms with Gasteiger partial charge in [-0.15, -0.1) is 0 Å². The first-order valence-electron chi connectivity index (χ1n) is 3.96. The minimum absolute atomic E-state index is 0.0787. The Morgan fingerprint density at radius 1 is 1.38 bits per heavy atom. The maximum absolute atomic E-state index is 12.3. The molecule has 0 bridgehead atoms. The fourth-order valence-electron chi connectivity index (χ4n) is 0.611. The Bertz CT molecular complexity index is 204. The Morgan fingerprint density at radius 3 is 2.08 bits per heavy atom. The highest BCUT2D eigenvalue weighted by Crippen LogP contribution is 2.29. The average molecular weight is 194 g/mol. The number of hydrogen-bond acceptors (Lipinski definition) is 2. The van der Waals surface area contributed by atoms with E-state index in [9.17, 15) is 13.2 Å². The molecule has 0 spiro atoms. The van der Waals surface area contributed by atoms with Crippen molar-refractivity contribution < 1.29 is 13.2 Å². The zero-order chi connectivity index (χ0) is 10.7. The van der Waals surface area contributed by atoms with Crippen molar-refractivity contribution in [1.29, 1.82) is 5.26 Å². The van der Waals surface area contributed by atoms with Crippen LogP contribution < -0.4 is 5.32 Å². The van der Waals surface area contributed by atoms with Crippen LogP contribution in [-0.4, -0.2) is 18.3 Å². The van der Waals surface area contributed by atoms with Crippen molar-refractivity contribution in [2.24, 2.45) is 5.92 Å². The van der Waals surface area contributed by atoms with Gasteiger partial charge in [0.2, 0.25) is 0 Å². The van der Waals surface area contributed by atoms with E-state index < -0.39 is 11.7 Å². The number of rotatable bonds is 3. The molecular formula is C8H13F3N2. The van der Waals surface area contributed by atoms with Gasteiger partial charge in [-0.1, -0.05) is 13.8 Å². The molecule has 2 nitrogen and oxygen atoms in total. The standard InChI is InChI=1S/C8H13F3N2/c1-6(2)4-13-7(3,5-12)8(9,10)11/h6,13H,4H2,1-3H3. The van der Waals surface area contributed by atoms with Crippen molar-refractivity contribution in [3.05, 3.63) is 0 Å². The summed E-state index contributed by atoms with van der Waals surface area (Å²) in [6.45, 7) is 4.57. The van der Waals surface area contributed by atoms with Crippen LogP contribution in [0.15, 0.2) is 0 Å². The zero-order valence-electron chi connectivity index (χ0n) is 7.87. The number of nitrogens with one attached hydrogen (secondary N) is 1. The fourth-order valence-corrected chi connectivity index (χ4v) is 0.611. The molecule has 1 N–H and O–H groups in total. The van der Waals surface area contributed by atoms with E-state index in [1.165, 1.54) is 6.07 Å². The number of alkyl halides is 3. The third kappa shape index (κ3) is 3.23. The van der Waals surface area contributed by atoms with Gasteiger partial charge in [0.1, 0.15) is 0 Å². The van der Waals surface area contributed by atoms with Gasteiger partial charge >= 0.3 is 6.18 Å². The Balaban J connectivity index is 4.41. The van der Waals surface area contributed by atoms with Crippen molar-refractivity contribution in [3.63, 3.8) is 0 Å². The van der Waals surface area contributed by atoms with E-state index in [-0.39, 0.29) is 12.5 Å². The molecule has 1 atom stereocenters. The number of halogens is 3. The van der Waals surface area contributed by atoms with Gasteiger partial charge in [0.25, 0.3) is 0 Å². The summed E-state index contributed by atoms with van der Waals surface area (Å²) in [6, 6.07) is 1.24. The summed E-state index contributed by atoms with van der Waals surface area (Å²) in [5, 5.41) is 10.6. The Hall–Kier alpha value is -0.760. The van der Waals surface area contributed by atoms with Gasteiger partial charge in [0, 0.05) is 0 Å². The molecular weight excluding hydrogens is 181 g/mol. The highest BCUT2D eigenvalue weighted by Gasteiger charge is 2.51. The molecule has 0 aromatic heterocycles. The van der Waals surface area contributed by atoms with E-state index in [1.807, 2.05) is 0 Å². The first-order valence-corrected chi connectivity index (χ1v) is 3.96. The van der Waals surface area contributed by atoms with Gasteiger partial charge in [-0.3, -0.25) is 5.32 Å². The molecule has 0 saturated heterocycles. The van der Waals surface area contributed by atoms with Crippen LogP contribution in [0, 0.1) is 17.2 Å². The van der Waals surface area contributed by atoms with E-state index in [2.05, 4.69) is 5.32 Å². The highest BCUT2D eigenvalue weighted by molar-refractivity contribution is 5.09. The molecule has 5 heteroatoms. The van der Waals surface area contributed by atoms with Crippen LogP contribution in [0.25, 0.3) is 0 Å². The molecule has 0 amide bonds. The Morgan fingerprint density at radius 2 is 1.85 bits per heavy atom. The maximum atomic E-state index is 12.3. The molecule has 13 heavy (non-hydrogen) atoms. The van der Waals surface area contributed by atoms with Crippen molar-refractivity contribution in [3.8, 4) is 6.07 Å². The first-order chi connectivity index (χ1) is 5.73. The summed E-state index contributed by atoms with van der Waals surface area (Å²) in [4.78, 5) is 0. The normalized spacial score (nSPS) is 16.8. The minimum atomic E-state index is -4.53.